The SMILES string of the molecule is O=C(C1CCCC1)N1CCCC2(CNc3ncccc3[S+](=O)([O-])N2)C1. The summed E-state index contributed by atoms with van der Waals surface area (Å²) in [6, 6.07) is 3.18. The molecule has 3 aliphatic rings. The van der Waals surface area contributed by atoms with Gasteiger partial charge in [-0.2, -0.15) is 0 Å². The molecule has 8 heteroatoms. The van der Waals surface area contributed by atoms with Gasteiger partial charge in [0, 0.05) is 37.8 Å². The third kappa shape index (κ3) is 3.18. The molecule has 2 aliphatic heterocycles. The monoisotopic (exact) mass is 364 g/mol. The van der Waals surface area contributed by atoms with Crippen molar-refractivity contribution >= 4 is 22.1 Å². The summed E-state index contributed by atoms with van der Waals surface area (Å²) in [6.45, 7) is 1.57. The molecule has 4 rings (SSSR count). The minimum absolute atomic E-state index is 0.115. The number of piperidine rings is 1. The second-order valence-electron chi connectivity index (χ2n) is 7.43. The molecule has 0 bridgehead atoms. The number of aromatic nitrogens is 1. The maximum Gasteiger partial charge on any atom is 0.225 e. The Morgan fingerprint density at radius 3 is 2.96 bits per heavy atom. The molecule has 1 amide bonds. The van der Waals surface area contributed by atoms with E-state index < -0.39 is 15.9 Å². The standard InChI is InChI=1S/C17H24N4O3S/c22-16(13-5-1-2-6-13)21-10-4-8-17(12-21)11-19-15-14(7-3-9-18-15)25(23,24)20-17/h3,7,9,13H,1-2,4-6,8,10-12H2,(H2-,18,19,20,23,24). The molecule has 0 aromatic carbocycles. The smallest absolute Gasteiger partial charge is 0.225 e. The maximum absolute atomic E-state index is 12.8. The molecule has 1 saturated heterocycles. The van der Waals surface area contributed by atoms with Gasteiger partial charge < -0.3 is 14.8 Å². The zero-order chi connectivity index (χ0) is 17.5. The van der Waals surface area contributed by atoms with Gasteiger partial charge in [-0.3, -0.25) is 4.79 Å². The molecule has 25 heavy (non-hydrogen) atoms. The van der Waals surface area contributed by atoms with Crippen LogP contribution in [0.15, 0.2) is 23.2 Å². The molecular formula is C17H24N4O3S. The number of sulfonamides is 1. The fourth-order valence-electron chi connectivity index (χ4n) is 4.35. The van der Waals surface area contributed by atoms with E-state index in [0.29, 0.717) is 31.9 Å². The molecule has 0 radical (unpaired) electrons. The average molecular weight is 364 g/mol. The Hall–Kier alpha value is -1.51. The van der Waals surface area contributed by atoms with Crippen LogP contribution < -0.4 is 10.0 Å². The Morgan fingerprint density at radius 2 is 2.16 bits per heavy atom. The Balaban J connectivity index is 1.57. The number of anilines is 1. The van der Waals surface area contributed by atoms with Gasteiger partial charge >= 0.3 is 0 Å². The molecule has 1 aromatic rings. The van der Waals surface area contributed by atoms with E-state index in [9.17, 15) is 13.6 Å². The van der Waals surface area contributed by atoms with Crippen LogP contribution >= 0.6 is 0 Å². The Kier molecular flexibility index (Phi) is 4.29. The molecule has 2 N–H and O–H groups in total. The highest BCUT2D eigenvalue weighted by Crippen LogP contribution is 2.34. The van der Waals surface area contributed by atoms with E-state index in [1.165, 1.54) is 0 Å². The van der Waals surface area contributed by atoms with Gasteiger partial charge in [-0.15, -0.1) is 4.72 Å². The second kappa shape index (κ2) is 6.34. The maximum atomic E-state index is 12.8. The molecular weight excluding hydrogens is 340 g/mol. The summed E-state index contributed by atoms with van der Waals surface area (Å²) in [4.78, 5) is 19.0. The number of pyridine rings is 1. The molecule has 1 aliphatic carbocycles. The van der Waals surface area contributed by atoms with Gasteiger partial charge in [0.05, 0.1) is 5.54 Å². The van der Waals surface area contributed by atoms with Crippen molar-refractivity contribution in [2.24, 2.45) is 5.92 Å². The van der Waals surface area contributed by atoms with Crippen LogP contribution in [0.4, 0.5) is 5.82 Å². The zero-order valence-corrected chi connectivity index (χ0v) is 15.0. The number of nitrogens with one attached hydrogen (secondary N) is 2. The lowest BCUT2D eigenvalue weighted by Crippen LogP contribution is -2.63. The van der Waals surface area contributed by atoms with Gasteiger partial charge in [-0.1, -0.05) is 17.1 Å². The quantitative estimate of drug-likeness (QED) is 0.737. The third-order valence-corrected chi connectivity index (χ3v) is 7.21. The molecule has 1 saturated carbocycles. The first-order chi connectivity index (χ1) is 12.0. The molecule has 2 fully saturated rings. The van der Waals surface area contributed by atoms with Gasteiger partial charge in [-0.05, 0) is 31.7 Å². The fraction of sp³-hybridized carbons (Fsp3) is 0.647. The topological polar surface area (TPSA) is 97.4 Å². The van der Waals surface area contributed by atoms with E-state index >= 15 is 0 Å². The van der Waals surface area contributed by atoms with Crippen LogP contribution in [0.1, 0.15) is 38.5 Å². The van der Waals surface area contributed by atoms with Crippen LogP contribution in [0, 0.1) is 5.92 Å². The molecule has 1 aromatic heterocycles. The Bertz CT molecular complexity index is 722. The van der Waals surface area contributed by atoms with Gasteiger partial charge in [0.2, 0.25) is 10.8 Å². The predicted octanol–water partition coefficient (Wildman–Crippen LogP) is 1.55. The van der Waals surface area contributed by atoms with Crippen molar-refractivity contribution in [1.82, 2.24) is 14.6 Å². The molecule has 2 atom stereocenters. The van der Waals surface area contributed by atoms with Crippen LogP contribution in [-0.4, -0.2) is 45.5 Å². The highest BCUT2D eigenvalue weighted by atomic mass is 32.3. The summed E-state index contributed by atoms with van der Waals surface area (Å²) in [5, 5.41) is 3.18. The van der Waals surface area contributed by atoms with Crippen molar-refractivity contribution in [1.29, 1.82) is 0 Å². The summed E-state index contributed by atoms with van der Waals surface area (Å²) in [5.74, 6) is 0.686. The predicted molar refractivity (Wildman–Crippen MR) is 93.5 cm³/mol. The number of hydrogen-bond acceptors (Lipinski definition) is 5. The number of likely N-dealkylation sites (tertiary alicyclic amines) is 1. The van der Waals surface area contributed by atoms with Gasteiger partial charge in [-0.25, -0.2) is 4.98 Å². The first-order valence-electron chi connectivity index (χ1n) is 9.01. The highest BCUT2D eigenvalue weighted by Gasteiger charge is 2.46. The van der Waals surface area contributed by atoms with Crippen LogP contribution in [0.2, 0.25) is 0 Å². The second-order valence-corrected chi connectivity index (χ2v) is 9.09. The Labute approximate surface area is 149 Å². The van der Waals surface area contributed by atoms with Gasteiger partial charge in [0.15, 0.2) is 16.2 Å². The minimum Gasteiger partial charge on any atom is -0.593 e. The first kappa shape index (κ1) is 16.9. The van der Waals surface area contributed by atoms with Crippen LogP contribution in [0.25, 0.3) is 0 Å². The number of rotatable bonds is 1. The van der Waals surface area contributed by atoms with Crippen molar-refractivity contribution in [2.75, 3.05) is 25.0 Å². The van der Waals surface area contributed by atoms with Crippen molar-refractivity contribution in [2.45, 2.75) is 49.0 Å². The average Bonchev–Trinajstić information content (AvgIpc) is 3.11. The zero-order valence-electron chi connectivity index (χ0n) is 14.2. The number of carbonyl (C=O) groups excluding carboxylic acids is 1. The summed E-state index contributed by atoms with van der Waals surface area (Å²) in [6.07, 6.45) is 7.24. The molecule has 7 nitrogen and oxygen atoms in total. The number of fused-ring (bicyclic) bond motifs is 1. The fourth-order valence-corrected chi connectivity index (χ4v) is 5.90. The van der Waals surface area contributed by atoms with E-state index in [1.807, 2.05) is 4.90 Å². The number of carbonyl (C=O) groups is 1. The van der Waals surface area contributed by atoms with Crippen LogP contribution in [0.3, 0.4) is 0 Å². The summed E-state index contributed by atoms with van der Waals surface area (Å²) in [7, 11) is -3.67. The highest BCUT2D eigenvalue weighted by molar-refractivity contribution is 7.96. The molecule has 2 unspecified atom stereocenters. The van der Waals surface area contributed by atoms with Crippen LogP contribution in [-0.2, 0) is 19.4 Å². The summed E-state index contributed by atoms with van der Waals surface area (Å²) >= 11 is 0. The number of nitrogens with zero attached hydrogens (tertiary/aromatic N) is 2. The number of hydrogen-bond donors (Lipinski definition) is 2. The van der Waals surface area contributed by atoms with E-state index in [1.54, 1.807) is 18.3 Å². The summed E-state index contributed by atoms with van der Waals surface area (Å²) in [5.41, 5.74) is -0.675. The van der Waals surface area contributed by atoms with Crippen molar-refractivity contribution in [3.63, 3.8) is 0 Å². The van der Waals surface area contributed by atoms with Crippen molar-refractivity contribution < 1.29 is 13.6 Å². The van der Waals surface area contributed by atoms with E-state index in [2.05, 4.69) is 15.0 Å². The lowest BCUT2D eigenvalue weighted by atomic mass is 9.89. The minimum atomic E-state index is -3.67. The van der Waals surface area contributed by atoms with Gasteiger partial charge in [0.1, 0.15) is 0 Å². The first-order valence-corrected chi connectivity index (χ1v) is 10.5. The molecule has 1 spiro atoms. The van der Waals surface area contributed by atoms with E-state index in [0.717, 1.165) is 32.1 Å². The lowest BCUT2D eigenvalue weighted by Gasteiger charge is -2.42. The van der Waals surface area contributed by atoms with Crippen molar-refractivity contribution in [3.05, 3.63) is 18.3 Å². The van der Waals surface area contributed by atoms with E-state index in [4.69, 9.17) is 0 Å². The van der Waals surface area contributed by atoms with E-state index in [-0.39, 0.29) is 16.7 Å². The van der Waals surface area contributed by atoms with Gasteiger partial charge in [0.25, 0.3) is 0 Å². The molecule has 3 heterocycles. The molecule has 136 valence electrons. The normalized spacial score (nSPS) is 32.9. The summed E-state index contributed by atoms with van der Waals surface area (Å²) < 4.78 is 28.5. The third-order valence-electron chi connectivity index (χ3n) is 5.60. The Morgan fingerprint density at radius 1 is 1.36 bits per heavy atom. The lowest BCUT2D eigenvalue weighted by molar-refractivity contribution is -0.137. The largest absolute Gasteiger partial charge is 0.593 e. The number of amides is 1. The van der Waals surface area contributed by atoms with Crippen LogP contribution in [0.5, 0.6) is 0 Å². The van der Waals surface area contributed by atoms with Crippen molar-refractivity contribution in [3.8, 4) is 0 Å².